The fourth-order valence-electron chi connectivity index (χ4n) is 2.39. The summed E-state index contributed by atoms with van der Waals surface area (Å²) in [6.07, 6.45) is -0.724. The molecule has 0 aromatic heterocycles. The molecule has 2 aromatic rings. The van der Waals surface area contributed by atoms with Gasteiger partial charge in [-0.1, -0.05) is 44.2 Å². The number of hydrogen-bond acceptors (Lipinski definition) is 3. The fourth-order valence-corrected chi connectivity index (χ4v) is 2.39. The van der Waals surface area contributed by atoms with E-state index in [4.69, 9.17) is 0 Å². The average Bonchev–Trinajstić information content (AvgIpc) is 3.02. The number of aliphatic hydroxyl groups is 1. The van der Waals surface area contributed by atoms with Gasteiger partial charge in [-0.25, -0.2) is 0 Å². The molecule has 0 heterocycles. The van der Waals surface area contributed by atoms with Gasteiger partial charge >= 0.3 is 0 Å². The number of rotatable bonds is 5. The lowest BCUT2D eigenvalue weighted by molar-refractivity contribution is 0.112. The molecule has 18 heavy (non-hydrogen) atoms. The predicted octanol–water partition coefficient (Wildman–Crippen LogP) is 1.87. The van der Waals surface area contributed by atoms with Gasteiger partial charge in [0.25, 0.3) is 0 Å². The highest BCUT2D eigenvalue weighted by molar-refractivity contribution is 5.76. The molecule has 0 fully saturated rings. The molecule has 3 heteroatoms. The van der Waals surface area contributed by atoms with Crippen LogP contribution < -0.4 is 10.7 Å². The fraction of sp³-hybridized carbons (Fsp3) is 0.400. The first-order chi connectivity index (χ1) is 8.57. The smallest absolute Gasteiger partial charge is 0.193 e. The van der Waals surface area contributed by atoms with Crippen molar-refractivity contribution in [2.24, 2.45) is 5.92 Å². The van der Waals surface area contributed by atoms with Crippen LogP contribution in [-0.2, 0) is 0 Å². The summed E-state index contributed by atoms with van der Waals surface area (Å²) in [5.74, 6) is 0.267. The van der Waals surface area contributed by atoms with Gasteiger partial charge in [0.05, 0.1) is 6.10 Å². The molecule has 2 atom stereocenters. The minimum atomic E-state index is -0.724. The maximum Gasteiger partial charge on any atom is 0.193 e. The Labute approximate surface area is 107 Å². The van der Waals surface area contributed by atoms with Crippen LogP contribution in [0.2, 0.25) is 0 Å². The second-order valence-electron chi connectivity index (χ2n) is 4.99. The molecule has 2 N–H and O–H groups in total. The first-order valence-corrected chi connectivity index (χ1v) is 6.27. The van der Waals surface area contributed by atoms with Crippen LogP contribution in [0.3, 0.4) is 0 Å². The largest absolute Gasteiger partial charge is 0.387 e. The van der Waals surface area contributed by atoms with Crippen LogP contribution in [0, 0.1) is 5.92 Å². The lowest BCUT2D eigenvalue weighted by Gasteiger charge is -2.23. The van der Waals surface area contributed by atoms with E-state index < -0.39 is 6.10 Å². The summed E-state index contributed by atoms with van der Waals surface area (Å²) < 4.78 is 0. The van der Waals surface area contributed by atoms with E-state index in [1.165, 1.54) is 0 Å². The van der Waals surface area contributed by atoms with Crippen molar-refractivity contribution in [3.63, 3.8) is 0 Å². The number of benzene rings is 1. The van der Waals surface area contributed by atoms with Crippen molar-refractivity contribution < 1.29 is 5.11 Å². The van der Waals surface area contributed by atoms with Crippen LogP contribution in [0.15, 0.2) is 35.1 Å². The molecule has 0 aliphatic heterocycles. The van der Waals surface area contributed by atoms with Crippen LogP contribution in [0.5, 0.6) is 0 Å². The van der Waals surface area contributed by atoms with E-state index in [0.29, 0.717) is 11.1 Å². The van der Waals surface area contributed by atoms with Gasteiger partial charge in [0.1, 0.15) is 0 Å². The monoisotopic (exact) mass is 245 g/mol. The quantitative estimate of drug-likeness (QED) is 0.845. The highest BCUT2D eigenvalue weighted by Gasteiger charge is 2.34. The summed E-state index contributed by atoms with van der Waals surface area (Å²) in [5, 5.41) is 13.4. The molecule has 96 valence electrons. The van der Waals surface area contributed by atoms with Gasteiger partial charge in [-0.3, -0.25) is 4.79 Å². The summed E-state index contributed by atoms with van der Waals surface area (Å²) in [5.41, 5.74) is 2.14. The molecule has 0 radical (unpaired) electrons. The van der Waals surface area contributed by atoms with Gasteiger partial charge in [-0.15, -0.1) is 0 Å². The highest BCUT2D eigenvalue weighted by atomic mass is 16.3. The van der Waals surface area contributed by atoms with Gasteiger partial charge in [-0.05, 0) is 18.5 Å². The Morgan fingerprint density at radius 3 is 2.28 bits per heavy atom. The Balaban J connectivity index is 2.25. The van der Waals surface area contributed by atoms with Crippen LogP contribution in [0.25, 0.3) is 11.1 Å². The van der Waals surface area contributed by atoms with Crippen molar-refractivity contribution in [2.75, 3.05) is 7.05 Å². The van der Waals surface area contributed by atoms with Gasteiger partial charge in [0.2, 0.25) is 0 Å². The summed E-state index contributed by atoms with van der Waals surface area (Å²) in [6.45, 7) is 4.06. The van der Waals surface area contributed by atoms with E-state index in [1.807, 2.05) is 51.2 Å². The third-order valence-corrected chi connectivity index (χ3v) is 3.43. The number of likely N-dealkylation sites (N-methyl/N-ethyl adjacent to an activating group) is 1. The van der Waals surface area contributed by atoms with E-state index >= 15 is 0 Å². The summed E-state index contributed by atoms with van der Waals surface area (Å²) in [4.78, 5) is 11.8. The van der Waals surface area contributed by atoms with E-state index in [1.54, 1.807) is 0 Å². The van der Waals surface area contributed by atoms with Crippen molar-refractivity contribution in [3.8, 4) is 11.1 Å². The van der Waals surface area contributed by atoms with E-state index in [-0.39, 0.29) is 17.4 Å². The zero-order chi connectivity index (χ0) is 13.3. The maximum absolute atomic E-state index is 11.8. The molecule has 0 bridgehead atoms. The average molecular weight is 245 g/mol. The molecule has 1 unspecified atom stereocenters. The molecule has 0 aliphatic carbocycles. The van der Waals surface area contributed by atoms with Crippen LogP contribution in [-0.4, -0.2) is 18.2 Å². The Hall–Kier alpha value is -1.45. The van der Waals surface area contributed by atoms with Crippen LogP contribution in [0.1, 0.15) is 25.5 Å². The molecule has 3 nitrogen and oxygen atoms in total. The van der Waals surface area contributed by atoms with Crippen molar-refractivity contribution in [2.45, 2.75) is 26.0 Å². The maximum atomic E-state index is 11.8. The molecule has 0 saturated heterocycles. The third kappa shape index (κ3) is 2.24. The molecule has 0 aliphatic rings. The number of hydrogen-bond donors (Lipinski definition) is 2. The normalized spacial score (nSPS) is 15.2. The standard InChI is InChI=1S/C15H19NO2/c1-9(2)13(16-3)15(18)12-11(14(12)17)10-7-5-4-6-8-10/h4-9,13,15-16,18H,1-3H3/t13-,15?/m0/s1. The Bertz CT molecular complexity index is 524. The molecule has 0 amide bonds. The van der Waals surface area contributed by atoms with E-state index in [9.17, 15) is 9.90 Å². The summed E-state index contributed by atoms with van der Waals surface area (Å²) in [7, 11) is 1.81. The Morgan fingerprint density at radius 2 is 1.78 bits per heavy atom. The zero-order valence-electron chi connectivity index (χ0n) is 11.0. The second-order valence-corrected chi connectivity index (χ2v) is 4.99. The topological polar surface area (TPSA) is 49.3 Å². The molecule has 0 saturated carbocycles. The molecular formula is C15H19NO2. The number of aliphatic hydroxyl groups excluding tert-OH is 1. The van der Waals surface area contributed by atoms with Crippen LogP contribution >= 0.6 is 0 Å². The van der Waals surface area contributed by atoms with Crippen molar-refractivity contribution >= 4 is 0 Å². The van der Waals surface area contributed by atoms with Gasteiger partial charge < -0.3 is 10.4 Å². The molecule has 0 spiro atoms. The van der Waals surface area contributed by atoms with Crippen LogP contribution in [0.4, 0.5) is 0 Å². The Morgan fingerprint density at radius 1 is 1.17 bits per heavy atom. The highest BCUT2D eigenvalue weighted by Crippen LogP contribution is 2.33. The summed E-state index contributed by atoms with van der Waals surface area (Å²) >= 11 is 0. The van der Waals surface area contributed by atoms with Gasteiger partial charge in [0, 0.05) is 17.2 Å². The van der Waals surface area contributed by atoms with Gasteiger partial charge in [-0.2, -0.15) is 0 Å². The lowest BCUT2D eigenvalue weighted by atomic mass is 9.96. The second kappa shape index (κ2) is 5.04. The first kappa shape index (κ1) is 13.0. The number of nitrogens with one attached hydrogen (secondary N) is 1. The third-order valence-electron chi connectivity index (χ3n) is 3.43. The lowest BCUT2D eigenvalue weighted by Crippen LogP contribution is -2.36. The van der Waals surface area contributed by atoms with Crippen molar-refractivity contribution in [1.82, 2.24) is 5.32 Å². The summed E-state index contributed by atoms with van der Waals surface area (Å²) in [6, 6.07) is 9.42. The zero-order valence-corrected chi connectivity index (χ0v) is 11.0. The predicted molar refractivity (Wildman–Crippen MR) is 73.2 cm³/mol. The molecular weight excluding hydrogens is 226 g/mol. The SMILES string of the molecule is CN[C@@H](C(C)C)C(O)c1c(-c2ccccc2)c1=O. The minimum Gasteiger partial charge on any atom is -0.387 e. The first-order valence-electron chi connectivity index (χ1n) is 6.27. The van der Waals surface area contributed by atoms with E-state index in [2.05, 4.69) is 5.32 Å². The van der Waals surface area contributed by atoms with Gasteiger partial charge in [0.15, 0.2) is 5.43 Å². The van der Waals surface area contributed by atoms with Crippen molar-refractivity contribution in [1.29, 1.82) is 0 Å². The molecule has 2 rings (SSSR count). The minimum absolute atomic E-state index is 0.00500. The molecule has 2 aromatic carbocycles. The van der Waals surface area contributed by atoms with Crippen molar-refractivity contribution in [3.05, 3.63) is 46.1 Å². The Kier molecular flexibility index (Phi) is 3.64. The van der Waals surface area contributed by atoms with E-state index in [0.717, 1.165) is 5.56 Å².